The lowest BCUT2D eigenvalue weighted by Gasteiger charge is -2.17. The Labute approximate surface area is 143 Å². The van der Waals surface area contributed by atoms with Gasteiger partial charge in [-0.05, 0) is 35.7 Å². The molecule has 3 aromatic carbocycles. The number of anilines is 2. The Morgan fingerprint density at radius 3 is 2.12 bits per heavy atom. The summed E-state index contributed by atoms with van der Waals surface area (Å²) in [5.74, 6) is 0.432. The average molecular weight is 314 g/mol. The number of hydrogen-bond acceptors (Lipinski definition) is 2. The van der Waals surface area contributed by atoms with Gasteiger partial charge in [0.1, 0.15) is 0 Å². The first-order valence-electron chi connectivity index (χ1n) is 8.28. The molecule has 0 radical (unpaired) electrons. The van der Waals surface area contributed by atoms with Gasteiger partial charge in [-0.15, -0.1) is 0 Å². The van der Waals surface area contributed by atoms with Gasteiger partial charge in [0.15, 0.2) is 0 Å². The van der Waals surface area contributed by atoms with E-state index in [0.29, 0.717) is 5.92 Å². The standard InChI is InChI=1S/C22H22N2/c1-17(2)21-15-9-10-18(16-23-19-11-5-3-6-12-19)22(21)24-20-13-7-4-8-14-20/h3-17,24H,1-2H3. The average Bonchev–Trinajstić information content (AvgIpc) is 2.62. The molecule has 120 valence electrons. The summed E-state index contributed by atoms with van der Waals surface area (Å²) in [6.45, 7) is 4.42. The van der Waals surface area contributed by atoms with Crippen LogP contribution in [0.3, 0.4) is 0 Å². The fourth-order valence-corrected chi connectivity index (χ4v) is 2.65. The molecule has 3 aromatic rings. The molecule has 0 saturated carbocycles. The van der Waals surface area contributed by atoms with Gasteiger partial charge in [-0.2, -0.15) is 0 Å². The van der Waals surface area contributed by atoms with E-state index >= 15 is 0 Å². The van der Waals surface area contributed by atoms with Gasteiger partial charge in [-0.1, -0.05) is 68.4 Å². The highest BCUT2D eigenvalue weighted by molar-refractivity contribution is 5.92. The molecule has 2 heteroatoms. The van der Waals surface area contributed by atoms with Crippen LogP contribution in [0.15, 0.2) is 83.9 Å². The van der Waals surface area contributed by atoms with Crippen molar-refractivity contribution >= 4 is 23.3 Å². The third-order valence-corrected chi connectivity index (χ3v) is 3.90. The minimum Gasteiger partial charge on any atom is -0.355 e. The number of benzene rings is 3. The van der Waals surface area contributed by atoms with Crippen molar-refractivity contribution in [2.75, 3.05) is 5.32 Å². The maximum absolute atomic E-state index is 4.61. The van der Waals surface area contributed by atoms with Crippen molar-refractivity contribution < 1.29 is 0 Å². The number of para-hydroxylation sites is 3. The van der Waals surface area contributed by atoms with Crippen molar-refractivity contribution in [3.05, 3.63) is 90.0 Å². The molecule has 0 spiro atoms. The second-order valence-corrected chi connectivity index (χ2v) is 6.05. The van der Waals surface area contributed by atoms with Gasteiger partial charge >= 0.3 is 0 Å². The monoisotopic (exact) mass is 314 g/mol. The Morgan fingerprint density at radius 1 is 0.792 bits per heavy atom. The van der Waals surface area contributed by atoms with Crippen LogP contribution in [0.1, 0.15) is 30.9 Å². The molecule has 0 bridgehead atoms. The molecule has 1 N–H and O–H groups in total. The number of hydrogen-bond donors (Lipinski definition) is 1. The quantitative estimate of drug-likeness (QED) is 0.549. The maximum Gasteiger partial charge on any atom is 0.0629 e. The predicted molar refractivity (Wildman–Crippen MR) is 104 cm³/mol. The summed E-state index contributed by atoms with van der Waals surface area (Å²) in [5, 5.41) is 3.57. The summed E-state index contributed by atoms with van der Waals surface area (Å²) in [6, 6.07) is 26.6. The van der Waals surface area contributed by atoms with Crippen molar-refractivity contribution in [3.63, 3.8) is 0 Å². The topological polar surface area (TPSA) is 24.4 Å². The lowest BCUT2D eigenvalue weighted by Crippen LogP contribution is -2.02. The molecule has 0 aliphatic carbocycles. The van der Waals surface area contributed by atoms with Crippen LogP contribution in [0.2, 0.25) is 0 Å². The number of nitrogens with zero attached hydrogens (tertiary/aromatic N) is 1. The Hall–Kier alpha value is -2.87. The van der Waals surface area contributed by atoms with Crippen LogP contribution in [0.5, 0.6) is 0 Å². The molecule has 0 amide bonds. The number of rotatable bonds is 5. The van der Waals surface area contributed by atoms with Gasteiger partial charge in [0, 0.05) is 17.5 Å². The summed E-state index contributed by atoms with van der Waals surface area (Å²) in [6.07, 6.45) is 1.94. The van der Waals surface area contributed by atoms with E-state index < -0.39 is 0 Å². The second-order valence-electron chi connectivity index (χ2n) is 6.05. The van der Waals surface area contributed by atoms with Gasteiger partial charge in [-0.25, -0.2) is 0 Å². The third kappa shape index (κ3) is 3.90. The largest absolute Gasteiger partial charge is 0.355 e. The summed E-state index contributed by atoms with van der Waals surface area (Å²) in [7, 11) is 0. The minimum atomic E-state index is 0.432. The molecule has 0 unspecified atom stereocenters. The molecule has 0 saturated heterocycles. The molecule has 0 aliphatic rings. The summed E-state index contributed by atoms with van der Waals surface area (Å²) >= 11 is 0. The van der Waals surface area contributed by atoms with Crippen LogP contribution in [0, 0.1) is 0 Å². The van der Waals surface area contributed by atoms with E-state index in [-0.39, 0.29) is 0 Å². The van der Waals surface area contributed by atoms with Crippen molar-refractivity contribution in [2.24, 2.45) is 4.99 Å². The Bertz CT molecular complexity index is 806. The van der Waals surface area contributed by atoms with E-state index in [2.05, 4.69) is 54.5 Å². The molecule has 2 nitrogen and oxygen atoms in total. The van der Waals surface area contributed by atoms with Gasteiger partial charge in [-0.3, -0.25) is 4.99 Å². The van der Waals surface area contributed by atoms with Gasteiger partial charge in [0.25, 0.3) is 0 Å². The van der Waals surface area contributed by atoms with E-state index in [4.69, 9.17) is 0 Å². The third-order valence-electron chi connectivity index (χ3n) is 3.90. The number of nitrogens with one attached hydrogen (secondary N) is 1. The zero-order valence-electron chi connectivity index (χ0n) is 14.1. The van der Waals surface area contributed by atoms with E-state index in [1.807, 2.05) is 54.7 Å². The summed E-state index contributed by atoms with van der Waals surface area (Å²) in [5.41, 5.74) is 5.54. The first kappa shape index (κ1) is 16.0. The van der Waals surface area contributed by atoms with Gasteiger partial charge < -0.3 is 5.32 Å². The van der Waals surface area contributed by atoms with Crippen LogP contribution in [-0.2, 0) is 0 Å². The lowest BCUT2D eigenvalue weighted by molar-refractivity contribution is 0.869. The number of aliphatic imine (C=N–C) groups is 1. The van der Waals surface area contributed by atoms with Crippen LogP contribution in [-0.4, -0.2) is 6.21 Å². The van der Waals surface area contributed by atoms with Crippen LogP contribution in [0.25, 0.3) is 0 Å². The molecule has 0 atom stereocenters. The molecular formula is C22H22N2. The SMILES string of the molecule is CC(C)c1cccc(C=Nc2ccccc2)c1Nc1ccccc1. The zero-order chi connectivity index (χ0) is 16.8. The fraction of sp³-hybridized carbons (Fsp3) is 0.136. The Kier molecular flexibility index (Phi) is 5.07. The van der Waals surface area contributed by atoms with Crippen LogP contribution in [0.4, 0.5) is 17.1 Å². The van der Waals surface area contributed by atoms with E-state index in [1.165, 1.54) is 5.56 Å². The molecular weight excluding hydrogens is 292 g/mol. The van der Waals surface area contributed by atoms with Crippen molar-refractivity contribution in [1.82, 2.24) is 0 Å². The smallest absolute Gasteiger partial charge is 0.0629 e. The summed E-state index contributed by atoms with van der Waals surface area (Å²) in [4.78, 5) is 4.61. The highest BCUT2D eigenvalue weighted by Gasteiger charge is 2.10. The summed E-state index contributed by atoms with van der Waals surface area (Å²) < 4.78 is 0. The van der Waals surface area contributed by atoms with Crippen molar-refractivity contribution in [1.29, 1.82) is 0 Å². The first-order valence-corrected chi connectivity index (χ1v) is 8.28. The highest BCUT2D eigenvalue weighted by atomic mass is 14.9. The molecule has 0 heterocycles. The Morgan fingerprint density at radius 2 is 1.46 bits per heavy atom. The lowest BCUT2D eigenvalue weighted by atomic mass is 9.97. The van der Waals surface area contributed by atoms with Gasteiger partial charge in [0.2, 0.25) is 0 Å². The molecule has 0 aliphatic heterocycles. The van der Waals surface area contributed by atoms with E-state index in [1.54, 1.807) is 0 Å². The van der Waals surface area contributed by atoms with E-state index in [9.17, 15) is 0 Å². The zero-order valence-corrected chi connectivity index (χ0v) is 14.1. The first-order chi connectivity index (χ1) is 11.7. The molecule has 24 heavy (non-hydrogen) atoms. The van der Waals surface area contributed by atoms with Crippen LogP contribution < -0.4 is 5.32 Å². The fourth-order valence-electron chi connectivity index (χ4n) is 2.65. The normalized spacial score (nSPS) is 11.1. The van der Waals surface area contributed by atoms with Crippen molar-refractivity contribution in [2.45, 2.75) is 19.8 Å². The predicted octanol–water partition coefficient (Wildman–Crippen LogP) is 6.30. The maximum atomic E-state index is 4.61. The minimum absolute atomic E-state index is 0.432. The molecule has 3 rings (SSSR count). The van der Waals surface area contributed by atoms with Crippen LogP contribution >= 0.6 is 0 Å². The highest BCUT2D eigenvalue weighted by Crippen LogP contribution is 2.30. The van der Waals surface area contributed by atoms with Gasteiger partial charge in [0.05, 0.1) is 11.4 Å². The second kappa shape index (κ2) is 7.60. The van der Waals surface area contributed by atoms with Crippen molar-refractivity contribution in [3.8, 4) is 0 Å². The Balaban J connectivity index is 1.99. The molecule has 0 aromatic heterocycles. The van der Waals surface area contributed by atoms with E-state index in [0.717, 1.165) is 22.6 Å². The molecule has 0 fully saturated rings.